The van der Waals surface area contributed by atoms with Gasteiger partial charge in [-0.25, -0.2) is 4.79 Å². The Labute approximate surface area is 157 Å². The molecule has 1 amide bonds. The minimum absolute atomic E-state index is 0.0806. The van der Waals surface area contributed by atoms with E-state index in [1.165, 1.54) is 5.56 Å². The van der Waals surface area contributed by atoms with Gasteiger partial charge in [0.05, 0.1) is 5.52 Å². The van der Waals surface area contributed by atoms with E-state index in [0.717, 1.165) is 24.3 Å². The number of amides is 1. The molecule has 0 unspecified atom stereocenters. The van der Waals surface area contributed by atoms with E-state index in [2.05, 4.69) is 23.7 Å². The van der Waals surface area contributed by atoms with Crippen LogP contribution in [0, 0.1) is 0 Å². The van der Waals surface area contributed by atoms with Crippen LogP contribution in [0.1, 0.15) is 35.7 Å². The van der Waals surface area contributed by atoms with Crippen LogP contribution in [-0.2, 0) is 0 Å². The number of hydrogen-bond donors (Lipinski definition) is 1. The fraction of sp³-hybridized carbons (Fsp3) is 0.333. The zero-order valence-electron chi connectivity index (χ0n) is 15.6. The number of nitrogens with one attached hydrogen (secondary N) is 1. The maximum atomic E-state index is 12.8. The monoisotopic (exact) mass is 365 g/mol. The first-order valence-electron chi connectivity index (χ1n) is 9.28. The molecular formula is C21H23N3O3. The Bertz CT molecular complexity index is 1010. The smallest absolute Gasteiger partial charge is 0.408 e. The first-order chi connectivity index (χ1) is 13.0. The molecule has 140 valence electrons. The van der Waals surface area contributed by atoms with Gasteiger partial charge in [-0.05, 0) is 35.7 Å². The number of aromatic amines is 1. The number of hydrogen-bond acceptors (Lipinski definition) is 4. The van der Waals surface area contributed by atoms with Crippen LogP contribution in [0.4, 0.5) is 5.69 Å². The molecule has 6 nitrogen and oxygen atoms in total. The van der Waals surface area contributed by atoms with Crippen molar-refractivity contribution in [3.63, 3.8) is 0 Å². The molecule has 2 heterocycles. The number of oxazole rings is 1. The van der Waals surface area contributed by atoms with Crippen molar-refractivity contribution in [2.24, 2.45) is 0 Å². The van der Waals surface area contributed by atoms with Crippen molar-refractivity contribution in [1.29, 1.82) is 0 Å². The molecule has 6 heteroatoms. The van der Waals surface area contributed by atoms with Gasteiger partial charge in [0.25, 0.3) is 5.91 Å². The molecule has 1 saturated heterocycles. The minimum Gasteiger partial charge on any atom is -0.408 e. The summed E-state index contributed by atoms with van der Waals surface area (Å²) in [7, 11) is 0. The van der Waals surface area contributed by atoms with Crippen molar-refractivity contribution in [1.82, 2.24) is 9.88 Å². The van der Waals surface area contributed by atoms with Gasteiger partial charge in [-0.1, -0.05) is 26.0 Å². The van der Waals surface area contributed by atoms with Crippen LogP contribution in [0.5, 0.6) is 0 Å². The third-order valence-electron chi connectivity index (χ3n) is 5.16. The summed E-state index contributed by atoms with van der Waals surface area (Å²) in [6.07, 6.45) is 0. The van der Waals surface area contributed by atoms with Gasteiger partial charge in [0.1, 0.15) is 0 Å². The fourth-order valence-electron chi connectivity index (χ4n) is 3.49. The molecule has 1 aromatic heterocycles. The first kappa shape index (κ1) is 17.4. The number of anilines is 1. The van der Waals surface area contributed by atoms with Gasteiger partial charge in [0.2, 0.25) is 0 Å². The van der Waals surface area contributed by atoms with Crippen LogP contribution in [0.25, 0.3) is 11.1 Å². The maximum absolute atomic E-state index is 12.8. The minimum atomic E-state index is -0.443. The summed E-state index contributed by atoms with van der Waals surface area (Å²) in [4.78, 5) is 30.8. The number of carbonyl (C=O) groups is 1. The zero-order chi connectivity index (χ0) is 19.0. The Hall–Kier alpha value is -3.02. The standard InChI is InChI=1S/C21H23N3O3/c1-14(2)15-3-5-16(6-4-15)20(25)24-11-9-23(10-12-24)17-7-8-18-19(13-17)27-21(26)22-18/h3-8,13-14H,9-12H2,1-2H3,(H,22,26). The summed E-state index contributed by atoms with van der Waals surface area (Å²) < 4.78 is 5.14. The van der Waals surface area contributed by atoms with Gasteiger partial charge >= 0.3 is 5.76 Å². The number of rotatable bonds is 3. The summed E-state index contributed by atoms with van der Waals surface area (Å²) in [6.45, 7) is 7.11. The van der Waals surface area contributed by atoms with Crippen molar-refractivity contribution in [2.45, 2.75) is 19.8 Å². The molecular weight excluding hydrogens is 342 g/mol. The number of benzene rings is 2. The van der Waals surface area contributed by atoms with E-state index in [4.69, 9.17) is 4.42 Å². The van der Waals surface area contributed by atoms with E-state index in [1.807, 2.05) is 47.4 Å². The van der Waals surface area contributed by atoms with Gasteiger partial charge in [-0.15, -0.1) is 0 Å². The Balaban J connectivity index is 1.43. The first-order valence-corrected chi connectivity index (χ1v) is 9.28. The Kier molecular flexibility index (Phi) is 4.48. The van der Waals surface area contributed by atoms with E-state index < -0.39 is 5.76 Å². The fourth-order valence-corrected chi connectivity index (χ4v) is 3.49. The molecule has 3 aromatic rings. The second-order valence-electron chi connectivity index (χ2n) is 7.25. The highest BCUT2D eigenvalue weighted by Gasteiger charge is 2.22. The van der Waals surface area contributed by atoms with Crippen molar-refractivity contribution in [3.8, 4) is 0 Å². The summed E-state index contributed by atoms with van der Waals surface area (Å²) in [5.74, 6) is 0.0950. The van der Waals surface area contributed by atoms with Crippen molar-refractivity contribution in [3.05, 3.63) is 64.1 Å². The van der Waals surface area contributed by atoms with Crippen LogP contribution in [0.2, 0.25) is 0 Å². The molecule has 1 aliphatic rings. The van der Waals surface area contributed by atoms with E-state index in [-0.39, 0.29) is 5.91 Å². The molecule has 1 N–H and O–H groups in total. The van der Waals surface area contributed by atoms with Crippen molar-refractivity contribution >= 4 is 22.7 Å². The molecule has 0 radical (unpaired) electrons. The van der Waals surface area contributed by atoms with E-state index in [0.29, 0.717) is 30.1 Å². The van der Waals surface area contributed by atoms with Crippen molar-refractivity contribution < 1.29 is 9.21 Å². The van der Waals surface area contributed by atoms with Gasteiger partial charge in [0.15, 0.2) is 5.58 Å². The normalized spacial score (nSPS) is 14.9. The molecule has 0 bridgehead atoms. The predicted octanol–water partition coefficient (Wildman–Crippen LogP) is 3.21. The number of carbonyl (C=O) groups excluding carboxylic acids is 1. The average molecular weight is 365 g/mol. The van der Waals surface area contributed by atoms with Crippen molar-refractivity contribution in [2.75, 3.05) is 31.1 Å². The molecule has 2 aromatic carbocycles. The van der Waals surface area contributed by atoms with Crippen LogP contribution in [0.3, 0.4) is 0 Å². The quantitative estimate of drug-likeness (QED) is 0.774. The molecule has 27 heavy (non-hydrogen) atoms. The Morgan fingerprint density at radius 1 is 1.04 bits per heavy atom. The summed E-state index contributed by atoms with van der Waals surface area (Å²) in [5, 5.41) is 0. The highest BCUT2D eigenvalue weighted by atomic mass is 16.4. The summed E-state index contributed by atoms with van der Waals surface area (Å²) in [6, 6.07) is 13.6. The van der Waals surface area contributed by atoms with Gasteiger partial charge in [-0.2, -0.15) is 0 Å². The maximum Gasteiger partial charge on any atom is 0.417 e. The lowest BCUT2D eigenvalue weighted by Crippen LogP contribution is -2.48. The molecule has 0 saturated carbocycles. The predicted molar refractivity (Wildman–Crippen MR) is 105 cm³/mol. The molecule has 1 aliphatic heterocycles. The average Bonchev–Trinajstić information content (AvgIpc) is 3.07. The topological polar surface area (TPSA) is 69.6 Å². The summed E-state index contributed by atoms with van der Waals surface area (Å²) >= 11 is 0. The number of piperazine rings is 1. The van der Waals surface area contributed by atoms with E-state index in [9.17, 15) is 9.59 Å². The van der Waals surface area contributed by atoms with E-state index >= 15 is 0 Å². The second-order valence-corrected chi connectivity index (χ2v) is 7.25. The molecule has 4 rings (SSSR count). The molecule has 0 spiro atoms. The van der Waals surface area contributed by atoms with Gasteiger partial charge in [0, 0.05) is 43.5 Å². The zero-order valence-corrected chi connectivity index (χ0v) is 15.6. The van der Waals surface area contributed by atoms with Crippen LogP contribution in [0.15, 0.2) is 51.7 Å². The third kappa shape index (κ3) is 3.47. The number of H-pyrrole nitrogens is 1. The van der Waals surface area contributed by atoms with E-state index in [1.54, 1.807) is 0 Å². The third-order valence-corrected chi connectivity index (χ3v) is 5.16. The lowest BCUT2D eigenvalue weighted by molar-refractivity contribution is 0.0746. The highest BCUT2D eigenvalue weighted by molar-refractivity contribution is 5.94. The Morgan fingerprint density at radius 2 is 1.74 bits per heavy atom. The Morgan fingerprint density at radius 3 is 2.41 bits per heavy atom. The van der Waals surface area contributed by atoms with Crippen LogP contribution in [-0.4, -0.2) is 42.0 Å². The number of nitrogens with zero attached hydrogens (tertiary/aromatic N) is 2. The number of aromatic nitrogens is 1. The highest BCUT2D eigenvalue weighted by Crippen LogP contribution is 2.22. The van der Waals surface area contributed by atoms with Gasteiger partial charge in [-0.3, -0.25) is 9.78 Å². The lowest BCUT2D eigenvalue weighted by Gasteiger charge is -2.36. The molecule has 1 fully saturated rings. The largest absolute Gasteiger partial charge is 0.417 e. The van der Waals surface area contributed by atoms with Crippen LogP contribution < -0.4 is 10.7 Å². The lowest BCUT2D eigenvalue weighted by atomic mass is 10.0. The van der Waals surface area contributed by atoms with Crippen LogP contribution >= 0.6 is 0 Å². The van der Waals surface area contributed by atoms with Gasteiger partial charge < -0.3 is 14.2 Å². The number of fused-ring (bicyclic) bond motifs is 1. The second kappa shape index (κ2) is 6.95. The molecule has 0 aliphatic carbocycles. The SMILES string of the molecule is CC(C)c1ccc(C(=O)N2CCN(c3ccc4[nH]c(=O)oc4c3)CC2)cc1. The molecule has 0 atom stereocenters. The summed E-state index contributed by atoms with van der Waals surface area (Å²) in [5.41, 5.74) is 4.23.